The van der Waals surface area contributed by atoms with Crippen molar-refractivity contribution < 1.29 is 24.0 Å². The number of halogens is 1. The van der Waals surface area contributed by atoms with Crippen LogP contribution >= 0.6 is 0 Å². The fraction of sp³-hybridized carbons (Fsp3) is 0.188. The fourth-order valence-electron chi connectivity index (χ4n) is 2.04. The Morgan fingerprint density at radius 1 is 1.22 bits per heavy atom. The Labute approximate surface area is 134 Å². The third-order valence-corrected chi connectivity index (χ3v) is 3.23. The molecule has 0 aliphatic heterocycles. The average Bonchev–Trinajstić information content (AvgIpc) is 2.53. The van der Waals surface area contributed by atoms with Crippen LogP contribution < -0.4 is 10.2 Å². The summed E-state index contributed by atoms with van der Waals surface area (Å²) in [6.07, 6.45) is 0. The van der Waals surface area contributed by atoms with E-state index in [2.05, 4.69) is 0 Å². The van der Waals surface area contributed by atoms with Gasteiger partial charge in [0.2, 0.25) is 0 Å². The zero-order valence-corrected chi connectivity index (χ0v) is 12.9. The van der Waals surface area contributed by atoms with Crippen LogP contribution in [0.25, 0.3) is 0 Å². The van der Waals surface area contributed by atoms with Crippen molar-refractivity contribution in [2.45, 2.75) is 6.61 Å². The highest BCUT2D eigenvalue weighted by Gasteiger charge is 2.23. The van der Waals surface area contributed by atoms with Gasteiger partial charge >= 0.3 is 7.12 Å². The predicted molar refractivity (Wildman–Crippen MR) is 85.0 cm³/mol. The van der Waals surface area contributed by atoms with Crippen molar-refractivity contribution >= 4 is 18.5 Å². The molecule has 5 nitrogen and oxygen atoms in total. The van der Waals surface area contributed by atoms with Crippen molar-refractivity contribution in [3.05, 3.63) is 59.4 Å². The monoisotopic (exact) mass is 317 g/mol. The molecule has 23 heavy (non-hydrogen) atoms. The summed E-state index contributed by atoms with van der Waals surface area (Å²) in [4.78, 5) is 13.5. The number of carbonyl (C=O) groups is 1. The van der Waals surface area contributed by atoms with Crippen molar-refractivity contribution in [2.75, 3.05) is 14.1 Å². The Morgan fingerprint density at radius 2 is 1.87 bits per heavy atom. The van der Waals surface area contributed by atoms with Crippen LogP contribution in [0.2, 0.25) is 0 Å². The van der Waals surface area contributed by atoms with Gasteiger partial charge in [0.15, 0.2) is 11.6 Å². The van der Waals surface area contributed by atoms with Crippen molar-refractivity contribution in [2.24, 2.45) is 0 Å². The van der Waals surface area contributed by atoms with Crippen LogP contribution in [-0.2, 0) is 6.61 Å². The molecule has 0 aromatic heterocycles. The van der Waals surface area contributed by atoms with Gasteiger partial charge in [0.1, 0.15) is 6.61 Å². The number of hydrogen-bond acceptors (Lipinski definition) is 4. The highest BCUT2D eigenvalue weighted by molar-refractivity contribution is 6.58. The van der Waals surface area contributed by atoms with Crippen LogP contribution in [0.4, 0.5) is 4.39 Å². The zero-order chi connectivity index (χ0) is 17.0. The van der Waals surface area contributed by atoms with E-state index in [0.717, 1.165) is 11.6 Å². The molecule has 0 radical (unpaired) electrons. The number of hydrogen-bond donors (Lipinski definition) is 2. The summed E-state index contributed by atoms with van der Waals surface area (Å²) < 4.78 is 19.8. The third-order valence-electron chi connectivity index (χ3n) is 3.23. The maximum atomic E-state index is 14.3. The molecular formula is C16H17BFNO4. The molecule has 7 heteroatoms. The van der Waals surface area contributed by atoms with Gasteiger partial charge in [-0.2, -0.15) is 0 Å². The molecule has 0 saturated heterocycles. The van der Waals surface area contributed by atoms with Gasteiger partial charge in [-0.05, 0) is 23.2 Å². The molecule has 2 aromatic rings. The number of rotatable bonds is 5. The first-order chi connectivity index (χ1) is 10.9. The maximum absolute atomic E-state index is 14.3. The topological polar surface area (TPSA) is 70.0 Å². The summed E-state index contributed by atoms with van der Waals surface area (Å²) in [5.74, 6) is -1.52. The summed E-state index contributed by atoms with van der Waals surface area (Å²) in [7, 11) is 1.16. The molecule has 0 aliphatic carbocycles. The normalized spacial score (nSPS) is 10.3. The second-order valence-corrected chi connectivity index (χ2v) is 5.23. The number of carbonyl (C=O) groups excluding carboxylic acids is 1. The Balaban J connectivity index is 2.38. The number of benzene rings is 2. The van der Waals surface area contributed by atoms with Gasteiger partial charge in [-0.1, -0.05) is 30.3 Å². The van der Waals surface area contributed by atoms with Crippen LogP contribution in [0.15, 0.2) is 42.5 Å². The molecule has 1 amide bonds. The summed E-state index contributed by atoms with van der Waals surface area (Å²) in [5.41, 5.74) is 0.648. The molecule has 0 spiro atoms. The highest BCUT2D eigenvalue weighted by atomic mass is 19.1. The predicted octanol–water partition coefficient (Wildman–Crippen LogP) is 0.786. The van der Waals surface area contributed by atoms with Crippen LogP contribution in [-0.4, -0.2) is 42.1 Å². The minimum absolute atomic E-state index is 0.0611. The SMILES string of the molecule is CN(C)C(=O)c1cc(B(O)O)cc(F)c1OCc1ccccc1. The molecule has 0 atom stereocenters. The van der Waals surface area contributed by atoms with Gasteiger partial charge in [0, 0.05) is 14.1 Å². The second kappa shape index (κ2) is 7.26. The van der Waals surface area contributed by atoms with E-state index < -0.39 is 18.8 Å². The first-order valence-electron chi connectivity index (χ1n) is 6.98. The number of nitrogens with zero attached hydrogens (tertiary/aromatic N) is 1. The van der Waals surface area contributed by atoms with E-state index in [-0.39, 0.29) is 23.4 Å². The lowest BCUT2D eigenvalue weighted by atomic mass is 9.79. The molecule has 0 bridgehead atoms. The lowest BCUT2D eigenvalue weighted by Crippen LogP contribution is -2.32. The first kappa shape index (κ1) is 17.0. The Kier molecular flexibility index (Phi) is 5.36. The fourth-order valence-corrected chi connectivity index (χ4v) is 2.04. The minimum atomic E-state index is -1.87. The number of ether oxygens (including phenoxy) is 1. The van der Waals surface area contributed by atoms with E-state index in [1.54, 1.807) is 0 Å². The lowest BCUT2D eigenvalue weighted by Gasteiger charge is -2.17. The summed E-state index contributed by atoms with van der Waals surface area (Å²) >= 11 is 0. The standard InChI is InChI=1S/C16H17BFNO4/c1-19(2)16(20)13-8-12(17(21)22)9-14(18)15(13)23-10-11-6-4-3-5-7-11/h3-9,21-22H,10H2,1-2H3. The van der Waals surface area contributed by atoms with Crippen molar-refractivity contribution in [1.29, 1.82) is 0 Å². The number of amides is 1. The highest BCUT2D eigenvalue weighted by Crippen LogP contribution is 2.24. The molecule has 0 aliphatic rings. The molecule has 2 aromatic carbocycles. The Bertz CT molecular complexity index is 692. The quantitative estimate of drug-likeness (QED) is 0.800. The molecule has 0 unspecified atom stereocenters. The average molecular weight is 317 g/mol. The minimum Gasteiger partial charge on any atom is -0.485 e. The summed E-state index contributed by atoms with van der Waals surface area (Å²) in [6, 6.07) is 11.3. The van der Waals surface area contributed by atoms with Crippen LogP contribution in [0, 0.1) is 5.82 Å². The first-order valence-corrected chi connectivity index (χ1v) is 6.98. The smallest absolute Gasteiger partial charge is 0.485 e. The molecule has 2 rings (SSSR count). The van der Waals surface area contributed by atoms with Gasteiger partial charge in [-0.3, -0.25) is 4.79 Å². The third kappa shape index (κ3) is 4.09. The van der Waals surface area contributed by atoms with Gasteiger partial charge in [0.05, 0.1) is 5.56 Å². The van der Waals surface area contributed by atoms with E-state index >= 15 is 0 Å². The van der Waals surface area contributed by atoms with Crippen LogP contribution in [0.3, 0.4) is 0 Å². The van der Waals surface area contributed by atoms with E-state index in [0.29, 0.717) is 0 Å². The van der Waals surface area contributed by atoms with E-state index in [1.807, 2.05) is 30.3 Å². The Morgan fingerprint density at radius 3 is 2.43 bits per heavy atom. The van der Waals surface area contributed by atoms with Gasteiger partial charge in [-0.15, -0.1) is 0 Å². The van der Waals surface area contributed by atoms with E-state index in [1.165, 1.54) is 25.1 Å². The van der Waals surface area contributed by atoms with E-state index in [9.17, 15) is 19.2 Å². The van der Waals surface area contributed by atoms with Gasteiger partial charge in [0.25, 0.3) is 5.91 Å². The maximum Gasteiger partial charge on any atom is 0.488 e. The van der Waals surface area contributed by atoms with Gasteiger partial charge < -0.3 is 19.7 Å². The molecule has 0 heterocycles. The molecule has 0 fully saturated rings. The molecule has 0 saturated carbocycles. The van der Waals surface area contributed by atoms with E-state index in [4.69, 9.17) is 4.74 Å². The largest absolute Gasteiger partial charge is 0.488 e. The zero-order valence-electron chi connectivity index (χ0n) is 12.9. The van der Waals surface area contributed by atoms with Crippen molar-refractivity contribution in [1.82, 2.24) is 4.90 Å². The summed E-state index contributed by atoms with van der Waals surface area (Å²) in [5, 5.41) is 18.4. The van der Waals surface area contributed by atoms with Crippen LogP contribution in [0.1, 0.15) is 15.9 Å². The second-order valence-electron chi connectivity index (χ2n) is 5.23. The lowest BCUT2D eigenvalue weighted by molar-refractivity contribution is 0.0821. The summed E-state index contributed by atoms with van der Waals surface area (Å²) in [6.45, 7) is 0.0898. The Hall–Kier alpha value is -2.38. The van der Waals surface area contributed by atoms with Crippen molar-refractivity contribution in [3.63, 3.8) is 0 Å². The molecular weight excluding hydrogens is 300 g/mol. The van der Waals surface area contributed by atoms with Gasteiger partial charge in [-0.25, -0.2) is 4.39 Å². The van der Waals surface area contributed by atoms with Crippen LogP contribution in [0.5, 0.6) is 5.75 Å². The molecule has 120 valence electrons. The van der Waals surface area contributed by atoms with Crippen molar-refractivity contribution in [3.8, 4) is 5.75 Å². The molecule has 2 N–H and O–H groups in total.